The Bertz CT molecular complexity index is 841. The number of fused-ring (bicyclic) bond motifs is 1. The quantitative estimate of drug-likeness (QED) is 0.882. The molecule has 26 heavy (non-hydrogen) atoms. The lowest BCUT2D eigenvalue weighted by Gasteiger charge is -2.19. The highest BCUT2D eigenvalue weighted by molar-refractivity contribution is 5.98. The van der Waals surface area contributed by atoms with Crippen molar-refractivity contribution in [3.63, 3.8) is 0 Å². The topological polar surface area (TPSA) is 61.4 Å². The molecule has 1 unspecified atom stereocenters. The van der Waals surface area contributed by atoms with Gasteiger partial charge in [-0.1, -0.05) is 24.3 Å². The molecule has 1 heterocycles. The van der Waals surface area contributed by atoms with Crippen LogP contribution >= 0.6 is 0 Å². The van der Waals surface area contributed by atoms with Crippen LogP contribution in [0.3, 0.4) is 0 Å². The predicted octanol–water partition coefficient (Wildman–Crippen LogP) is 2.91. The van der Waals surface area contributed by atoms with E-state index in [4.69, 9.17) is 0 Å². The fourth-order valence-electron chi connectivity index (χ4n) is 2.96. The minimum atomic E-state index is -0.973. The Balaban J connectivity index is 1.52. The average Bonchev–Trinajstić information content (AvgIpc) is 3.06. The number of benzene rings is 2. The van der Waals surface area contributed by atoms with Crippen molar-refractivity contribution in [1.29, 1.82) is 0 Å². The zero-order valence-electron chi connectivity index (χ0n) is 14.3. The molecule has 2 aromatic carbocycles. The third-order valence-corrected chi connectivity index (χ3v) is 4.38. The van der Waals surface area contributed by atoms with Crippen molar-refractivity contribution in [2.24, 2.45) is 0 Å². The summed E-state index contributed by atoms with van der Waals surface area (Å²) in [7, 11) is 0. The van der Waals surface area contributed by atoms with Gasteiger partial charge in [-0.05, 0) is 42.7 Å². The molecule has 136 valence electrons. The van der Waals surface area contributed by atoms with Gasteiger partial charge in [0, 0.05) is 12.2 Å². The van der Waals surface area contributed by atoms with Gasteiger partial charge in [0.15, 0.2) is 11.6 Å². The van der Waals surface area contributed by atoms with E-state index in [0.717, 1.165) is 29.8 Å². The molecule has 7 heteroatoms. The molecule has 1 aliphatic heterocycles. The standard InChI is InChI=1S/C19H19F2N3O2/c1-12(14-6-7-15(20)16(21)10-14)23-19(26)22-11-18(25)24-9-8-13-4-2-3-5-17(13)24/h2-7,10,12H,8-9,11H2,1H3,(H2,22,23,26). The summed E-state index contributed by atoms with van der Waals surface area (Å²) < 4.78 is 26.2. The highest BCUT2D eigenvalue weighted by atomic mass is 19.2. The molecule has 1 aliphatic rings. The first-order valence-corrected chi connectivity index (χ1v) is 8.33. The van der Waals surface area contributed by atoms with Crippen molar-refractivity contribution in [2.75, 3.05) is 18.0 Å². The van der Waals surface area contributed by atoms with Crippen LogP contribution in [-0.4, -0.2) is 25.0 Å². The number of hydrogen-bond donors (Lipinski definition) is 2. The number of hydrogen-bond acceptors (Lipinski definition) is 2. The van der Waals surface area contributed by atoms with Gasteiger partial charge in [-0.25, -0.2) is 13.6 Å². The highest BCUT2D eigenvalue weighted by Gasteiger charge is 2.24. The second-order valence-corrected chi connectivity index (χ2v) is 6.15. The van der Waals surface area contributed by atoms with Crippen LogP contribution in [0.2, 0.25) is 0 Å². The first-order valence-electron chi connectivity index (χ1n) is 8.33. The highest BCUT2D eigenvalue weighted by Crippen LogP contribution is 2.27. The molecule has 1 atom stereocenters. The minimum Gasteiger partial charge on any atom is -0.332 e. The maximum atomic E-state index is 13.3. The van der Waals surface area contributed by atoms with Gasteiger partial charge in [0.05, 0.1) is 12.6 Å². The molecule has 0 spiro atoms. The lowest BCUT2D eigenvalue weighted by molar-refractivity contribution is -0.117. The molecular formula is C19H19F2N3O2. The average molecular weight is 359 g/mol. The Hall–Kier alpha value is -2.96. The molecule has 2 aromatic rings. The number of carbonyl (C=O) groups is 2. The van der Waals surface area contributed by atoms with Crippen LogP contribution < -0.4 is 15.5 Å². The molecule has 0 bridgehead atoms. The van der Waals surface area contributed by atoms with Crippen molar-refractivity contribution in [1.82, 2.24) is 10.6 Å². The minimum absolute atomic E-state index is 0.148. The van der Waals surface area contributed by atoms with Gasteiger partial charge < -0.3 is 15.5 Å². The fraction of sp³-hybridized carbons (Fsp3) is 0.263. The van der Waals surface area contributed by atoms with Gasteiger partial charge in [0.1, 0.15) is 0 Å². The van der Waals surface area contributed by atoms with E-state index in [1.807, 2.05) is 24.3 Å². The zero-order valence-corrected chi connectivity index (χ0v) is 14.3. The van der Waals surface area contributed by atoms with Crippen LogP contribution in [0, 0.1) is 11.6 Å². The summed E-state index contributed by atoms with van der Waals surface area (Å²) in [6, 6.07) is 10.0. The molecule has 3 rings (SSSR count). The van der Waals surface area contributed by atoms with Crippen LogP contribution in [0.15, 0.2) is 42.5 Å². The SMILES string of the molecule is CC(NC(=O)NCC(=O)N1CCc2ccccc21)c1ccc(F)c(F)c1. The zero-order chi connectivity index (χ0) is 18.7. The summed E-state index contributed by atoms with van der Waals surface area (Å²) in [4.78, 5) is 26.0. The third kappa shape index (κ3) is 3.82. The summed E-state index contributed by atoms with van der Waals surface area (Å²) in [5.74, 6) is -2.12. The molecule has 0 aromatic heterocycles. The van der Waals surface area contributed by atoms with Crippen LogP contribution in [0.1, 0.15) is 24.1 Å². The Morgan fingerprint density at radius 3 is 2.69 bits per heavy atom. The Kier molecular flexibility index (Phi) is 5.16. The maximum absolute atomic E-state index is 13.3. The van der Waals surface area contributed by atoms with Gasteiger partial charge in [-0.15, -0.1) is 0 Å². The van der Waals surface area contributed by atoms with Gasteiger partial charge in [0.2, 0.25) is 5.91 Å². The van der Waals surface area contributed by atoms with Crippen LogP contribution in [-0.2, 0) is 11.2 Å². The number of nitrogens with one attached hydrogen (secondary N) is 2. The van der Waals surface area contributed by atoms with Crippen LogP contribution in [0.4, 0.5) is 19.3 Å². The summed E-state index contributed by atoms with van der Waals surface area (Å²) >= 11 is 0. The number of urea groups is 1. The Morgan fingerprint density at radius 1 is 1.15 bits per heavy atom. The van der Waals surface area contributed by atoms with Crippen molar-refractivity contribution in [3.8, 4) is 0 Å². The number of carbonyl (C=O) groups excluding carboxylic acids is 2. The lowest BCUT2D eigenvalue weighted by Crippen LogP contribution is -2.44. The van der Waals surface area contributed by atoms with Gasteiger partial charge in [0.25, 0.3) is 0 Å². The van der Waals surface area contributed by atoms with E-state index >= 15 is 0 Å². The molecular weight excluding hydrogens is 340 g/mol. The van der Waals surface area contributed by atoms with Gasteiger partial charge in [-0.3, -0.25) is 4.79 Å². The number of para-hydroxylation sites is 1. The summed E-state index contributed by atoms with van der Waals surface area (Å²) in [5, 5.41) is 5.11. The van der Waals surface area contributed by atoms with Crippen molar-refractivity contribution >= 4 is 17.6 Å². The number of amides is 3. The molecule has 0 saturated carbocycles. The van der Waals surface area contributed by atoms with E-state index in [1.165, 1.54) is 6.07 Å². The molecule has 0 saturated heterocycles. The second-order valence-electron chi connectivity index (χ2n) is 6.15. The van der Waals surface area contributed by atoms with Crippen molar-refractivity contribution < 1.29 is 18.4 Å². The molecule has 0 radical (unpaired) electrons. The van der Waals surface area contributed by atoms with Gasteiger partial charge in [-0.2, -0.15) is 0 Å². The van der Waals surface area contributed by atoms with Crippen LogP contribution in [0.5, 0.6) is 0 Å². The summed E-state index contributed by atoms with van der Waals surface area (Å²) in [6.45, 7) is 2.09. The van der Waals surface area contributed by atoms with E-state index in [9.17, 15) is 18.4 Å². The lowest BCUT2D eigenvalue weighted by atomic mass is 10.1. The van der Waals surface area contributed by atoms with Crippen LogP contribution in [0.25, 0.3) is 0 Å². The first-order chi connectivity index (χ1) is 12.5. The second kappa shape index (κ2) is 7.51. The molecule has 0 fully saturated rings. The summed E-state index contributed by atoms with van der Waals surface area (Å²) in [6.07, 6.45) is 0.793. The Labute approximate surface area is 150 Å². The van der Waals surface area contributed by atoms with Crippen molar-refractivity contribution in [2.45, 2.75) is 19.4 Å². The molecule has 5 nitrogen and oxygen atoms in total. The maximum Gasteiger partial charge on any atom is 0.315 e. The first kappa shape index (κ1) is 17.8. The summed E-state index contributed by atoms with van der Waals surface area (Å²) in [5.41, 5.74) is 2.41. The van der Waals surface area contributed by atoms with E-state index < -0.39 is 23.7 Å². The molecule has 3 amide bonds. The van der Waals surface area contributed by atoms with Crippen molar-refractivity contribution in [3.05, 3.63) is 65.2 Å². The molecule has 0 aliphatic carbocycles. The monoisotopic (exact) mass is 359 g/mol. The van der Waals surface area contributed by atoms with E-state index in [-0.39, 0.29) is 12.5 Å². The van der Waals surface area contributed by atoms with E-state index in [2.05, 4.69) is 10.6 Å². The van der Waals surface area contributed by atoms with Gasteiger partial charge >= 0.3 is 6.03 Å². The number of nitrogens with zero attached hydrogens (tertiary/aromatic N) is 1. The smallest absolute Gasteiger partial charge is 0.315 e. The number of halogens is 2. The van der Waals surface area contributed by atoms with E-state index in [1.54, 1.807) is 11.8 Å². The number of rotatable bonds is 4. The van der Waals surface area contributed by atoms with E-state index in [0.29, 0.717) is 12.1 Å². The fourth-order valence-corrected chi connectivity index (χ4v) is 2.96. The predicted molar refractivity (Wildman–Crippen MR) is 93.8 cm³/mol. The Morgan fingerprint density at radius 2 is 1.92 bits per heavy atom. The largest absolute Gasteiger partial charge is 0.332 e. The third-order valence-electron chi connectivity index (χ3n) is 4.38. The number of anilines is 1. The molecule has 2 N–H and O–H groups in total. The normalized spacial score (nSPS) is 13.9.